The van der Waals surface area contributed by atoms with Crippen LogP contribution in [0.2, 0.25) is 0 Å². The van der Waals surface area contributed by atoms with Gasteiger partial charge in [-0.05, 0) is 30.0 Å². The summed E-state index contributed by atoms with van der Waals surface area (Å²) in [6.45, 7) is 3.85. The molecule has 0 saturated carbocycles. The van der Waals surface area contributed by atoms with Crippen LogP contribution in [0.25, 0.3) is 0 Å². The van der Waals surface area contributed by atoms with E-state index in [1.165, 1.54) is 11.3 Å². The lowest BCUT2D eigenvalue weighted by atomic mass is 10.1. The third-order valence-electron chi connectivity index (χ3n) is 4.26. The molecule has 3 rings (SSSR count). The second kappa shape index (κ2) is 8.85. The Morgan fingerprint density at radius 2 is 2.00 bits per heavy atom. The van der Waals surface area contributed by atoms with E-state index < -0.39 is 0 Å². The summed E-state index contributed by atoms with van der Waals surface area (Å²) in [5, 5.41) is 0. The van der Waals surface area contributed by atoms with E-state index in [1.54, 1.807) is 4.90 Å². The lowest BCUT2D eigenvalue weighted by Gasteiger charge is -2.26. The van der Waals surface area contributed by atoms with Crippen molar-refractivity contribution in [2.45, 2.75) is 39.3 Å². The third kappa shape index (κ3) is 4.64. The van der Waals surface area contributed by atoms with Gasteiger partial charge in [-0.25, -0.2) is 9.59 Å². The van der Waals surface area contributed by atoms with Crippen molar-refractivity contribution in [1.29, 1.82) is 0 Å². The smallest absolute Gasteiger partial charge is 0.410 e. The average molecular weight is 373 g/mol. The molecule has 0 atom stereocenters. The number of benzene rings is 1. The second-order valence-corrected chi connectivity index (χ2v) is 7.40. The Morgan fingerprint density at radius 1 is 1.19 bits per heavy atom. The summed E-state index contributed by atoms with van der Waals surface area (Å²) in [5.74, 6) is -0.268. The molecule has 0 N–H and O–H groups in total. The summed E-state index contributed by atoms with van der Waals surface area (Å²) < 4.78 is 10.7. The van der Waals surface area contributed by atoms with Crippen molar-refractivity contribution in [3.8, 4) is 0 Å². The van der Waals surface area contributed by atoms with E-state index in [1.807, 2.05) is 36.4 Å². The number of ether oxygens (including phenoxy) is 2. The van der Waals surface area contributed by atoms with Crippen LogP contribution in [-0.4, -0.2) is 30.1 Å². The molecule has 1 aliphatic heterocycles. The van der Waals surface area contributed by atoms with Crippen LogP contribution >= 0.6 is 11.3 Å². The number of rotatable bonds is 6. The molecule has 0 radical (unpaired) electrons. The van der Waals surface area contributed by atoms with E-state index in [9.17, 15) is 9.59 Å². The third-order valence-corrected chi connectivity index (χ3v) is 5.48. The molecule has 6 heteroatoms. The Labute approximate surface area is 157 Å². The molecule has 1 aliphatic rings. The van der Waals surface area contributed by atoms with Gasteiger partial charge in [-0.2, -0.15) is 0 Å². The van der Waals surface area contributed by atoms with E-state index in [0.717, 1.165) is 35.3 Å². The van der Waals surface area contributed by atoms with Crippen molar-refractivity contribution < 1.29 is 19.1 Å². The first-order valence-corrected chi connectivity index (χ1v) is 9.73. The fourth-order valence-corrected chi connectivity index (χ4v) is 3.84. The molecule has 0 fully saturated rings. The minimum absolute atomic E-state index is 0.266. The van der Waals surface area contributed by atoms with Gasteiger partial charge in [0.15, 0.2) is 0 Å². The number of nitrogens with zero attached hydrogens (tertiary/aromatic N) is 1. The minimum atomic E-state index is -0.322. The minimum Gasteiger partial charge on any atom is -0.462 e. The van der Waals surface area contributed by atoms with Crippen LogP contribution in [0, 0.1) is 0 Å². The SMILES string of the molecule is CCCCOC(=O)c1cc2c(s1)CCN(C(=O)OCc1ccccc1)C2. The summed E-state index contributed by atoms with van der Waals surface area (Å²) >= 11 is 1.47. The highest BCUT2D eigenvalue weighted by Gasteiger charge is 2.25. The molecule has 1 amide bonds. The van der Waals surface area contributed by atoms with Gasteiger partial charge in [0.25, 0.3) is 0 Å². The van der Waals surface area contributed by atoms with Gasteiger partial charge in [0.1, 0.15) is 11.5 Å². The number of unbranched alkanes of at least 4 members (excludes halogenated alkanes) is 1. The lowest BCUT2D eigenvalue weighted by Crippen LogP contribution is -2.35. The Hall–Kier alpha value is -2.34. The predicted molar refractivity (Wildman–Crippen MR) is 100 cm³/mol. The first-order valence-electron chi connectivity index (χ1n) is 8.91. The molecule has 0 aliphatic carbocycles. The zero-order valence-electron chi connectivity index (χ0n) is 14.9. The zero-order chi connectivity index (χ0) is 18.4. The Morgan fingerprint density at radius 3 is 2.77 bits per heavy atom. The van der Waals surface area contributed by atoms with Crippen LogP contribution < -0.4 is 0 Å². The van der Waals surface area contributed by atoms with Gasteiger partial charge >= 0.3 is 12.1 Å². The van der Waals surface area contributed by atoms with E-state index in [2.05, 4.69) is 6.92 Å². The van der Waals surface area contributed by atoms with E-state index in [0.29, 0.717) is 24.6 Å². The molecule has 5 nitrogen and oxygen atoms in total. The van der Waals surface area contributed by atoms with E-state index in [-0.39, 0.29) is 18.7 Å². The molecule has 2 heterocycles. The van der Waals surface area contributed by atoms with Gasteiger partial charge in [-0.1, -0.05) is 43.7 Å². The zero-order valence-corrected chi connectivity index (χ0v) is 15.7. The van der Waals surface area contributed by atoms with Crippen molar-refractivity contribution in [2.75, 3.05) is 13.2 Å². The number of hydrogen-bond acceptors (Lipinski definition) is 5. The fourth-order valence-electron chi connectivity index (χ4n) is 2.78. The molecule has 0 bridgehead atoms. The molecular formula is C20H23NO4S. The van der Waals surface area contributed by atoms with Crippen molar-refractivity contribution in [1.82, 2.24) is 4.90 Å². The van der Waals surface area contributed by atoms with Crippen LogP contribution in [0.3, 0.4) is 0 Å². The number of hydrogen-bond donors (Lipinski definition) is 0. The number of esters is 1. The van der Waals surface area contributed by atoms with Crippen LogP contribution in [0.5, 0.6) is 0 Å². The number of carbonyl (C=O) groups excluding carboxylic acids is 2. The highest BCUT2D eigenvalue weighted by atomic mass is 32.1. The van der Waals surface area contributed by atoms with E-state index >= 15 is 0 Å². The standard InChI is InChI=1S/C20H23NO4S/c1-2-3-11-24-19(22)18-12-16-13-21(10-9-17(16)26-18)20(23)25-14-15-7-5-4-6-8-15/h4-8,12H,2-3,9-11,13-14H2,1H3. The van der Waals surface area contributed by atoms with Crippen molar-refractivity contribution in [3.05, 3.63) is 57.3 Å². The number of carbonyl (C=O) groups is 2. The molecule has 1 aromatic heterocycles. The fraction of sp³-hybridized carbons (Fsp3) is 0.400. The Balaban J connectivity index is 1.55. The van der Waals surface area contributed by atoms with Crippen LogP contribution in [0.15, 0.2) is 36.4 Å². The maximum absolute atomic E-state index is 12.3. The summed E-state index contributed by atoms with van der Waals surface area (Å²) in [6.07, 6.45) is 2.28. The quantitative estimate of drug-likeness (QED) is 0.556. The summed E-state index contributed by atoms with van der Waals surface area (Å²) in [6, 6.07) is 11.5. The first-order chi connectivity index (χ1) is 12.7. The molecule has 1 aromatic carbocycles. The highest BCUT2D eigenvalue weighted by molar-refractivity contribution is 7.14. The highest BCUT2D eigenvalue weighted by Crippen LogP contribution is 2.29. The Kier molecular flexibility index (Phi) is 6.28. The van der Waals surface area contributed by atoms with Crippen LogP contribution in [0.1, 0.15) is 45.4 Å². The lowest BCUT2D eigenvalue weighted by molar-refractivity contribution is 0.0505. The van der Waals surface area contributed by atoms with Gasteiger partial charge in [0, 0.05) is 11.4 Å². The normalized spacial score (nSPS) is 13.2. The van der Waals surface area contributed by atoms with Crippen molar-refractivity contribution in [2.24, 2.45) is 0 Å². The van der Waals surface area contributed by atoms with Crippen LogP contribution in [0.4, 0.5) is 4.79 Å². The maximum Gasteiger partial charge on any atom is 0.410 e. The number of fused-ring (bicyclic) bond motifs is 1. The second-order valence-electron chi connectivity index (χ2n) is 6.26. The maximum atomic E-state index is 12.3. The summed E-state index contributed by atoms with van der Waals surface area (Å²) in [5.41, 5.74) is 1.98. The first kappa shape index (κ1) is 18.5. The molecule has 0 saturated heterocycles. The van der Waals surface area contributed by atoms with Crippen molar-refractivity contribution in [3.63, 3.8) is 0 Å². The molecule has 0 unspecified atom stereocenters. The number of amides is 1. The topological polar surface area (TPSA) is 55.8 Å². The van der Waals surface area contributed by atoms with Gasteiger partial charge < -0.3 is 14.4 Å². The summed E-state index contributed by atoms with van der Waals surface area (Å²) in [4.78, 5) is 27.9. The molecule has 0 spiro atoms. The monoisotopic (exact) mass is 373 g/mol. The van der Waals surface area contributed by atoms with Crippen LogP contribution in [-0.2, 0) is 29.0 Å². The van der Waals surface area contributed by atoms with E-state index in [4.69, 9.17) is 9.47 Å². The molecule has 138 valence electrons. The molecular weight excluding hydrogens is 350 g/mol. The number of thiophene rings is 1. The molecule has 2 aromatic rings. The largest absolute Gasteiger partial charge is 0.462 e. The van der Waals surface area contributed by atoms with Gasteiger partial charge in [0.2, 0.25) is 0 Å². The summed E-state index contributed by atoms with van der Waals surface area (Å²) in [7, 11) is 0. The van der Waals surface area contributed by atoms with Gasteiger partial charge in [-0.3, -0.25) is 0 Å². The van der Waals surface area contributed by atoms with Crippen molar-refractivity contribution >= 4 is 23.4 Å². The van der Waals surface area contributed by atoms with Gasteiger partial charge in [0.05, 0.1) is 13.2 Å². The average Bonchev–Trinajstić information content (AvgIpc) is 3.10. The molecule has 26 heavy (non-hydrogen) atoms. The predicted octanol–water partition coefficient (Wildman–Crippen LogP) is 4.40. The Bertz CT molecular complexity index is 756. The van der Waals surface area contributed by atoms with Gasteiger partial charge in [-0.15, -0.1) is 11.3 Å².